The van der Waals surface area contributed by atoms with Crippen LogP contribution in [-0.2, 0) is 23.2 Å². The van der Waals surface area contributed by atoms with E-state index >= 15 is 0 Å². The molecule has 1 amide bonds. The molecule has 2 rings (SSSR count). The number of ether oxygens (including phenoxy) is 1. The van der Waals surface area contributed by atoms with Crippen LogP contribution in [0.15, 0.2) is 36.7 Å². The van der Waals surface area contributed by atoms with Crippen LogP contribution in [0.3, 0.4) is 0 Å². The van der Waals surface area contributed by atoms with Gasteiger partial charge >= 0.3 is 0 Å². The van der Waals surface area contributed by atoms with Crippen LogP contribution in [-0.4, -0.2) is 27.3 Å². The smallest absolute Gasteiger partial charge is 0.220 e. The number of aryl methyl sites for hydroxylation is 1. The summed E-state index contributed by atoms with van der Waals surface area (Å²) in [5, 5.41) is 10.7. The normalized spacial score (nSPS) is 12.1. The molecule has 6 heteroatoms. The third-order valence-electron chi connectivity index (χ3n) is 3.32. The fraction of sp³-hybridized carbons (Fsp3) is 0.438. The Labute approximate surface area is 130 Å². The van der Waals surface area contributed by atoms with Crippen LogP contribution in [0.1, 0.15) is 37.2 Å². The Bertz CT molecular complexity index is 583. The molecule has 1 atom stereocenters. The lowest BCUT2D eigenvalue weighted by Gasteiger charge is -2.12. The van der Waals surface area contributed by atoms with Crippen molar-refractivity contribution in [1.82, 2.24) is 20.1 Å². The summed E-state index contributed by atoms with van der Waals surface area (Å²) in [4.78, 5) is 11.9. The Morgan fingerprint density at radius 3 is 2.82 bits per heavy atom. The lowest BCUT2D eigenvalue weighted by atomic mass is 10.2. The molecule has 1 unspecified atom stereocenters. The first-order chi connectivity index (χ1) is 10.7. The van der Waals surface area contributed by atoms with Gasteiger partial charge < -0.3 is 14.6 Å². The second kappa shape index (κ2) is 8.29. The van der Waals surface area contributed by atoms with E-state index in [0.29, 0.717) is 26.1 Å². The van der Waals surface area contributed by atoms with Gasteiger partial charge in [-0.2, -0.15) is 0 Å². The maximum absolute atomic E-state index is 11.9. The SMILES string of the molecule is CC(NC(=O)CCCOCc1ccccc1)c1nncn1C. The van der Waals surface area contributed by atoms with Gasteiger partial charge in [0.15, 0.2) is 5.82 Å². The molecular weight excluding hydrogens is 280 g/mol. The fourth-order valence-corrected chi connectivity index (χ4v) is 2.16. The predicted octanol–water partition coefficient (Wildman–Crippen LogP) is 1.99. The van der Waals surface area contributed by atoms with E-state index in [-0.39, 0.29) is 11.9 Å². The molecule has 2 aromatic rings. The molecule has 1 heterocycles. The van der Waals surface area contributed by atoms with Crippen LogP contribution in [0.4, 0.5) is 0 Å². The number of rotatable bonds is 8. The molecule has 1 aromatic carbocycles. The summed E-state index contributed by atoms with van der Waals surface area (Å²) < 4.78 is 7.36. The van der Waals surface area contributed by atoms with E-state index in [1.54, 1.807) is 10.9 Å². The van der Waals surface area contributed by atoms with Gasteiger partial charge in [-0.1, -0.05) is 30.3 Å². The molecule has 6 nitrogen and oxygen atoms in total. The van der Waals surface area contributed by atoms with Gasteiger partial charge in [0.2, 0.25) is 5.91 Å². The van der Waals surface area contributed by atoms with Crippen molar-refractivity contribution in [2.45, 2.75) is 32.4 Å². The van der Waals surface area contributed by atoms with Gasteiger partial charge in [0.05, 0.1) is 12.6 Å². The van der Waals surface area contributed by atoms with Gasteiger partial charge in [-0.15, -0.1) is 10.2 Å². The molecule has 0 saturated heterocycles. The number of benzene rings is 1. The average molecular weight is 302 g/mol. The molecule has 118 valence electrons. The zero-order valence-corrected chi connectivity index (χ0v) is 13.0. The van der Waals surface area contributed by atoms with Crippen LogP contribution in [0.25, 0.3) is 0 Å². The number of nitrogens with zero attached hydrogens (tertiary/aromatic N) is 3. The summed E-state index contributed by atoms with van der Waals surface area (Å²) in [6, 6.07) is 9.85. The first-order valence-electron chi connectivity index (χ1n) is 7.41. The molecule has 0 radical (unpaired) electrons. The van der Waals surface area contributed by atoms with Crippen molar-refractivity contribution in [2.75, 3.05) is 6.61 Å². The predicted molar refractivity (Wildman–Crippen MR) is 82.9 cm³/mol. The first kappa shape index (κ1) is 16.2. The van der Waals surface area contributed by atoms with Crippen molar-refractivity contribution >= 4 is 5.91 Å². The number of hydrogen-bond acceptors (Lipinski definition) is 4. The Kier molecular flexibility index (Phi) is 6.09. The van der Waals surface area contributed by atoms with Crippen molar-refractivity contribution in [3.05, 3.63) is 48.0 Å². The molecule has 0 bridgehead atoms. The van der Waals surface area contributed by atoms with E-state index in [2.05, 4.69) is 15.5 Å². The highest BCUT2D eigenvalue weighted by Gasteiger charge is 2.13. The second-order valence-electron chi connectivity index (χ2n) is 5.23. The largest absolute Gasteiger partial charge is 0.377 e. The summed E-state index contributed by atoms with van der Waals surface area (Å²) in [5.41, 5.74) is 1.14. The van der Waals surface area contributed by atoms with Gasteiger partial charge in [0, 0.05) is 20.1 Å². The van der Waals surface area contributed by atoms with E-state index < -0.39 is 0 Å². The lowest BCUT2D eigenvalue weighted by molar-refractivity contribution is -0.122. The summed E-state index contributed by atoms with van der Waals surface area (Å²) in [6.45, 7) is 3.05. The average Bonchev–Trinajstić information content (AvgIpc) is 2.94. The third-order valence-corrected chi connectivity index (χ3v) is 3.32. The van der Waals surface area contributed by atoms with Crippen LogP contribution in [0, 0.1) is 0 Å². The molecule has 0 fully saturated rings. The summed E-state index contributed by atoms with van der Waals surface area (Å²) in [6.07, 6.45) is 2.76. The number of carbonyl (C=O) groups excluding carboxylic acids is 1. The monoisotopic (exact) mass is 302 g/mol. The quantitative estimate of drug-likeness (QED) is 0.757. The fourth-order valence-electron chi connectivity index (χ4n) is 2.16. The van der Waals surface area contributed by atoms with Gasteiger partial charge in [-0.3, -0.25) is 4.79 Å². The van der Waals surface area contributed by atoms with Crippen molar-refractivity contribution in [3.63, 3.8) is 0 Å². The van der Waals surface area contributed by atoms with Gasteiger partial charge in [0.25, 0.3) is 0 Å². The van der Waals surface area contributed by atoms with Crippen molar-refractivity contribution in [2.24, 2.45) is 7.05 Å². The maximum atomic E-state index is 11.9. The molecule has 0 saturated carbocycles. The minimum absolute atomic E-state index is 0.00110. The third kappa shape index (κ3) is 4.96. The minimum atomic E-state index is -0.148. The highest BCUT2D eigenvalue weighted by atomic mass is 16.5. The van der Waals surface area contributed by atoms with E-state index in [1.807, 2.05) is 44.3 Å². The number of amides is 1. The molecule has 1 N–H and O–H groups in total. The topological polar surface area (TPSA) is 69.0 Å². The van der Waals surface area contributed by atoms with Gasteiger partial charge in [-0.25, -0.2) is 0 Å². The summed E-state index contributed by atoms with van der Waals surface area (Å²) in [5.74, 6) is 0.743. The van der Waals surface area contributed by atoms with E-state index in [4.69, 9.17) is 4.74 Å². The number of carbonyl (C=O) groups is 1. The van der Waals surface area contributed by atoms with E-state index in [0.717, 1.165) is 11.4 Å². The molecule has 1 aromatic heterocycles. The Balaban J connectivity index is 1.61. The van der Waals surface area contributed by atoms with Crippen molar-refractivity contribution < 1.29 is 9.53 Å². The number of nitrogens with one attached hydrogen (secondary N) is 1. The van der Waals surface area contributed by atoms with Crippen LogP contribution >= 0.6 is 0 Å². The molecule has 0 spiro atoms. The standard InChI is InChI=1S/C16H22N4O2/c1-13(16-19-17-12-20(16)2)18-15(21)9-6-10-22-11-14-7-4-3-5-8-14/h3-5,7-8,12-13H,6,9-11H2,1-2H3,(H,18,21). The van der Waals surface area contributed by atoms with Crippen LogP contribution in [0.2, 0.25) is 0 Å². The number of aromatic nitrogens is 3. The Hall–Kier alpha value is -2.21. The molecular formula is C16H22N4O2. The molecule has 0 aliphatic rings. The van der Waals surface area contributed by atoms with E-state index in [9.17, 15) is 4.79 Å². The summed E-state index contributed by atoms with van der Waals surface area (Å²) in [7, 11) is 1.86. The summed E-state index contributed by atoms with van der Waals surface area (Å²) >= 11 is 0. The second-order valence-corrected chi connectivity index (χ2v) is 5.23. The maximum Gasteiger partial charge on any atom is 0.220 e. The van der Waals surface area contributed by atoms with E-state index in [1.165, 1.54) is 0 Å². The number of hydrogen-bond donors (Lipinski definition) is 1. The van der Waals surface area contributed by atoms with Crippen LogP contribution in [0.5, 0.6) is 0 Å². The van der Waals surface area contributed by atoms with Crippen molar-refractivity contribution in [3.8, 4) is 0 Å². The molecule has 0 aliphatic heterocycles. The minimum Gasteiger partial charge on any atom is -0.377 e. The van der Waals surface area contributed by atoms with Gasteiger partial charge in [-0.05, 0) is 18.9 Å². The lowest BCUT2D eigenvalue weighted by Crippen LogP contribution is -2.28. The Morgan fingerprint density at radius 1 is 1.36 bits per heavy atom. The first-order valence-corrected chi connectivity index (χ1v) is 7.41. The zero-order valence-electron chi connectivity index (χ0n) is 13.0. The zero-order chi connectivity index (χ0) is 15.8. The highest BCUT2D eigenvalue weighted by molar-refractivity contribution is 5.76. The molecule has 0 aliphatic carbocycles. The highest BCUT2D eigenvalue weighted by Crippen LogP contribution is 2.08. The molecule has 22 heavy (non-hydrogen) atoms. The Morgan fingerprint density at radius 2 is 2.14 bits per heavy atom. The van der Waals surface area contributed by atoms with Crippen molar-refractivity contribution in [1.29, 1.82) is 0 Å². The van der Waals surface area contributed by atoms with Crippen LogP contribution < -0.4 is 5.32 Å². The van der Waals surface area contributed by atoms with Gasteiger partial charge in [0.1, 0.15) is 6.33 Å².